The lowest BCUT2D eigenvalue weighted by atomic mass is 10.1. The van der Waals surface area contributed by atoms with Crippen LogP contribution in [0.3, 0.4) is 0 Å². The molecule has 2 heterocycles. The van der Waals surface area contributed by atoms with E-state index < -0.39 is 23.8 Å². The molecule has 0 atom stereocenters. The van der Waals surface area contributed by atoms with Crippen LogP contribution in [0.1, 0.15) is 30.7 Å². The van der Waals surface area contributed by atoms with Crippen LogP contribution in [0.25, 0.3) is 17.5 Å². The van der Waals surface area contributed by atoms with Gasteiger partial charge < -0.3 is 14.6 Å². The van der Waals surface area contributed by atoms with Crippen LogP contribution in [0.15, 0.2) is 48.5 Å². The molecule has 3 aromatic rings. The molecule has 33 heavy (non-hydrogen) atoms. The van der Waals surface area contributed by atoms with Crippen LogP contribution in [-0.2, 0) is 17.8 Å². The van der Waals surface area contributed by atoms with Gasteiger partial charge in [-0.3, -0.25) is 4.79 Å². The molecule has 0 saturated carbocycles. The Bertz CT molecular complexity index is 1190. The van der Waals surface area contributed by atoms with Crippen LogP contribution in [0, 0.1) is 5.82 Å². The third kappa shape index (κ3) is 5.57. The highest BCUT2D eigenvalue weighted by atomic mass is 19.4. The van der Waals surface area contributed by atoms with Gasteiger partial charge in [0.15, 0.2) is 5.82 Å². The van der Waals surface area contributed by atoms with Crippen LogP contribution < -0.4 is 10.1 Å². The number of anilines is 1. The summed E-state index contributed by atoms with van der Waals surface area (Å²) in [4.78, 5) is 12.3. The Labute approximate surface area is 186 Å². The standard InChI is InChI=1S/C23H20F4N4O2/c24-17-11-9-16(22-30-29-20-8-2-1-5-13-31(20)22)14-18(17)28-21(32)12-10-15-6-3-4-7-19(15)33-23(25,26)27/h3-4,6-7,9-12,14H,1-2,5,8,13H2,(H,28,32)/b12-10+. The molecule has 1 aliphatic heterocycles. The Hall–Kier alpha value is -3.69. The minimum absolute atomic E-state index is 0.0466. The van der Waals surface area contributed by atoms with E-state index in [1.807, 2.05) is 4.57 Å². The number of aryl methyl sites for hydroxylation is 1. The average molecular weight is 460 g/mol. The number of para-hydroxylation sites is 1. The van der Waals surface area contributed by atoms with Gasteiger partial charge in [0, 0.05) is 30.2 Å². The molecular weight excluding hydrogens is 440 g/mol. The van der Waals surface area contributed by atoms with Crippen LogP contribution in [-0.4, -0.2) is 27.0 Å². The Kier molecular flexibility index (Phi) is 6.43. The largest absolute Gasteiger partial charge is 0.573 e. The van der Waals surface area contributed by atoms with E-state index in [4.69, 9.17) is 0 Å². The van der Waals surface area contributed by atoms with E-state index in [2.05, 4.69) is 20.3 Å². The number of nitrogens with zero attached hydrogens (tertiary/aromatic N) is 3. The van der Waals surface area contributed by atoms with Gasteiger partial charge in [-0.2, -0.15) is 0 Å². The predicted molar refractivity (Wildman–Crippen MR) is 114 cm³/mol. The fourth-order valence-corrected chi connectivity index (χ4v) is 3.63. The molecule has 2 aromatic carbocycles. The van der Waals surface area contributed by atoms with Crippen LogP contribution >= 0.6 is 0 Å². The number of amides is 1. The van der Waals surface area contributed by atoms with Crippen molar-refractivity contribution in [3.8, 4) is 17.1 Å². The molecule has 1 N–H and O–H groups in total. The maximum absolute atomic E-state index is 14.4. The highest BCUT2D eigenvalue weighted by Crippen LogP contribution is 2.28. The SMILES string of the molecule is O=C(/C=C/c1ccccc1OC(F)(F)F)Nc1cc(-c2nnc3n2CCCCC3)ccc1F. The summed E-state index contributed by atoms with van der Waals surface area (Å²) in [7, 11) is 0. The Morgan fingerprint density at radius 3 is 2.73 bits per heavy atom. The Morgan fingerprint density at radius 2 is 1.91 bits per heavy atom. The smallest absolute Gasteiger partial charge is 0.405 e. The van der Waals surface area contributed by atoms with E-state index >= 15 is 0 Å². The van der Waals surface area contributed by atoms with Gasteiger partial charge in [0.25, 0.3) is 0 Å². The first-order valence-electron chi connectivity index (χ1n) is 10.4. The second-order valence-corrected chi connectivity index (χ2v) is 7.50. The van der Waals surface area contributed by atoms with Crippen molar-refractivity contribution in [1.29, 1.82) is 0 Å². The third-order valence-corrected chi connectivity index (χ3v) is 5.15. The zero-order valence-electron chi connectivity index (χ0n) is 17.4. The van der Waals surface area contributed by atoms with Gasteiger partial charge in [0.2, 0.25) is 5.91 Å². The van der Waals surface area contributed by atoms with E-state index in [9.17, 15) is 22.4 Å². The zero-order valence-corrected chi connectivity index (χ0v) is 17.4. The summed E-state index contributed by atoms with van der Waals surface area (Å²) in [5.41, 5.74) is 0.568. The fraction of sp³-hybridized carbons (Fsp3) is 0.261. The topological polar surface area (TPSA) is 69.0 Å². The lowest BCUT2D eigenvalue weighted by Gasteiger charge is -2.11. The van der Waals surface area contributed by atoms with Crippen molar-refractivity contribution in [3.05, 3.63) is 65.7 Å². The summed E-state index contributed by atoms with van der Waals surface area (Å²) in [6.07, 6.45) is 1.25. The molecule has 4 rings (SSSR count). The predicted octanol–water partition coefficient (Wildman–Crippen LogP) is 5.36. The number of benzene rings is 2. The number of carbonyl (C=O) groups is 1. The van der Waals surface area contributed by atoms with E-state index in [1.54, 1.807) is 6.07 Å². The highest BCUT2D eigenvalue weighted by molar-refractivity contribution is 6.02. The van der Waals surface area contributed by atoms with Gasteiger partial charge in [-0.15, -0.1) is 23.4 Å². The number of hydrogen-bond acceptors (Lipinski definition) is 4. The van der Waals surface area contributed by atoms with E-state index in [-0.39, 0.29) is 11.3 Å². The number of rotatable bonds is 5. The maximum atomic E-state index is 14.4. The van der Waals surface area contributed by atoms with Crippen LogP contribution in [0.5, 0.6) is 5.75 Å². The molecule has 10 heteroatoms. The summed E-state index contributed by atoms with van der Waals surface area (Å²) in [5.74, 6) is -0.351. The number of nitrogens with one attached hydrogen (secondary N) is 1. The molecule has 1 aliphatic rings. The molecule has 0 aliphatic carbocycles. The lowest BCUT2D eigenvalue weighted by Crippen LogP contribution is -2.17. The quantitative estimate of drug-likeness (QED) is 0.411. The third-order valence-electron chi connectivity index (χ3n) is 5.15. The van der Waals surface area contributed by atoms with E-state index in [1.165, 1.54) is 30.3 Å². The molecule has 0 saturated heterocycles. The molecule has 1 amide bonds. The molecule has 0 spiro atoms. The van der Waals surface area contributed by atoms with E-state index in [0.29, 0.717) is 11.4 Å². The van der Waals surface area contributed by atoms with Gasteiger partial charge in [-0.25, -0.2) is 4.39 Å². The Morgan fingerprint density at radius 1 is 1.09 bits per heavy atom. The fourth-order valence-electron chi connectivity index (χ4n) is 3.63. The van der Waals surface area contributed by atoms with Crippen LogP contribution in [0.2, 0.25) is 0 Å². The summed E-state index contributed by atoms with van der Waals surface area (Å²) in [6.45, 7) is 0.763. The van der Waals surface area contributed by atoms with Gasteiger partial charge >= 0.3 is 6.36 Å². The number of halogens is 4. The minimum atomic E-state index is -4.87. The zero-order chi connectivity index (χ0) is 23.4. The molecule has 0 bridgehead atoms. The van der Waals surface area contributed by atoms with E-state index in [0.717, 1.165) is 56.3 Å². The molecule has 6 nitrogen and oxygen atoms in total. The minimum Gasteiger partial charge on any atom is -0.405 e. The van der Waals surface area contributed by atoms with Crippen LogP contribution in [0.4, 0.5) is 23.2 Å². The summed E-state index contributed by atoms with van der Waals surface area (Å²) >= 11 is 0. The first-order chi connectivity index (χ1) is 15.8. The van der Waals surface area contributed by atoms with Crippen molar-refractivity contribution in [3.63, 3.8) is 0 Å². The van der Waals surface area contributed by atoms with Crippen molar-refractivity contribution in [1.82, 2.24) is 14.8 Å². The normalized spacial score (nSPS) is 14.1. The molecule has 0 radical (unpaired) electrons. The number of alkyl halides is 3. The lowest BCUT2D eigenvalue weighted by molar-refractivity contribution is -0.274. The number of fused-ring (bicyclic) bond motifs is 1. The van der Waals surface area contributed by atoms with Crippen molar-refractivity contribution < 1.29 is 27.1 Å². The summed E-state index contributed by atoms with van der Waals surface area (Å²) in [5, 5.41) is 10.9. The first kappa shape index (κ1) is 22.5. The molecule has 172 valence electrons. The van der Waals surface area contributed by atoms with Crippen molar-refractivity contribution in [2.24, 2.45) is 0 Å². The molecule has 0 fully saturated rings. The first-order valence-corrected chi connectivity index (χ1v) is 10.4. The number of aromatic nitrogens is 3. The number of hydrogen-bond donors (Lipinski definition) is 1. The van der Waals surface area contributed by atoms with Crippen molar-refractivity contribution >= 4 is 17.7 Å². The second kappa shape index (κ2) is 9.43. The number of ether oxygens (including phenoxy) is 1. The van der Waals surface area contributed by atoms with Gasteiger partial charge in [-0.1, -0.05) is 24.6 Å². The van der Waals surface area contributed by atoms with Gasteiger partial charge in [0.05, 0.1) is 5.69 Å². The van der Waals surface area contributed by atoms with Gasteiger partial charge in [-0.05, 0) is 43.2 Å². The summed E-state index contributed by atoms with van der Waals surface area (Å²) < 4.78 is 58.0. The average Bonchev–Trinajstić information content (AvgIpc) is 3.01. The van der Waals surface area contributed by atoms with Gasteiger partial charge in [0.1, 0.15) is 17.4 Å². The van der Waals surface area contributed by atoms with Crippen molar-refractivity contribution in [2.75, 3.05) is 5.32 Å². The molecular formula is C23H20F4N4O2. The summed E-state index contributed by atoms with van der Waals surface area (Å²) in [6, 6.07) is 9.63. The monoisotopic (exact) mass is 460 g/mol. The maximum Gasteiger partial charge on any atom is 0.573 e. The highest BCUT2D eigenvalue weighted by Gasteiger charge is 2.31. The Balaban J connectivity index is 1.53. The number of carbonyl (C=O) groups excluding carboxylic acids is 1. The molecule has 1 aromatic heterocycles. The molecule has 0 unspecified atom stereocenters. The second-order valence-electron chi connectivity index (χ2n) is 7.50. The van der Waals surface area contributed by atoms with Crippen molar-refractivity contribution in [2.45, 2.75) is 38.6 Å².